The number of H-pyrrole nitrogens is 1. The number of rotatable bonds is 1. The smallest absolute Gasteiger partial charge is 0.135 e. The first-order chi connectivity index (χ1) is 6.66. The van der Waals surface area contributed by atoms with Crippen LogP contribution in [-0.2, 0) is 0 Å². The minimum Gasteiger partial charge on any atom is -0.331 e. The van der Waals surface area contributed by atoms with Gasteiger partial charge in [-0.25, -0.2) is 9.67 Å². The Bertz CT molecular complexity index is 512. The molecule has 0 radical (unpaired) electrons. The van der Waals surface area contributed by atoms with Gasteiger partial charge in [0.1, 0.15) is 10.5 Å². The standard InChI is InChI=1S/C9H10N4S/c1-6-3-7(2)13(12-6)8-4-9(14)11-5-10-8/h3-5H,1-2H3,(H,10,11,14). The molecule has 0 aliphatic heterocycles. The van der Waals surface area contributed by atoms with Gasteiger partial charge in [0.2, 0.25) is 0 Å². The Morgan fingerprint density at radius 1 is 1.36 bits per heavy atom. The van der Waals surface area contributed by atoms with Crippen LogP contribution in [0.4, 0.5) is 0 Å². The van der Waals surface area contributed by atoms with Crippen molar-refractivity contribution < 1.29 is 0 Å². The van der Waals surface area contributed by atoms with Crippen molar-refractivity contribution in [3.63, 3.8) is 0 Å². The van der Waals surface area contributed by atoms with Gasteiger partial charge >= 0.3 is 0 Å². The highest BCUT2D eigenvalue weighted by atomic mass is 32.1. The highest BCUT2D eigenvalue weighted by Crippen LogP contribution is 2.08. The summed E-state index contributed by atoms with van der Waals surface area (Å²) in [6, 6.07) is 3.80. The topological polar surface area (TPSA) is 46.5 Å². The fourth-order valence-electron chi connectivity index (χ4n) is 1.35. The first-order valence-electron chi connectivity index (χ1n) is 4.25. The maximum Gasteiger partial charge on any atom is 0.135 e. The van der Waals surface area contributed by atoms with Crippen LogP contribution in [-0.4, -0.2) is 19.7 Å². The molecule has 0 spiro atoms. The number of aromatic nitrogens is 4. The van der Waals surface area contributed by atoms with Crippen LogP contribution in [0.25, 0.3) is 5.82 Å². The Morgan fingerprint density at radius 2 is 2.14 bits per heavy atom. The van der Waals surface area contributed by atoms with E-state index in [0.29, 0.717) is 4.64 Å². The van der Waals surface area contributed by atoms with Crippen LogP contribution in [0.1, 0.15) is 11.4 Å². The van der Waals surface area contributed by atoms with E-state index in [-0.39, 0.29) is 0 Å². The molecule has 72 valence electrons. The summed E-state index contributed by atoms with van der Waals surface area (Å²) >= 11 is 4.98. The molecule has 2 aromatic rings. The molecule has 0 aliphatic rings. The van der Waals surface area contributed by atoms with Gasteiger partial charge in [-0.2, -0.15) is 5.10 Å². The summed E-state index contributed by atoms with van der Waals surface area (Å²) in [4.78, 5) is 6.92. The van der Waals surface area contributed by atoms with Gasteiger partial charge in [0.05, 0.1) is 12.0 Å². The molecule has 0 amide bonds. The van der Waals surface area contributed by atoms with Crippen molar-refractivity contribution in [2.24, 2.45) is 0 Å². The van der Waals surface area contributed by atoms with Crippen LogP contribution < -0.4 is 0 Å². The molecular weight excluding hydrogens is 196 g/mol. The van der Waals surface area contributed by atoms with Gasteiger partial charge in [-0.15, -0.1) is 0 Å². The first kappa shape index (κ1) is 9.08. The van der Waals surface area contributed by atoms with E-state index >= 15 is 0 Å². The van der Waals surface area contributed by atoms with Crippen LogP contribution >= 0.6 is 12.2 Å². The molecule has 0 atom stereocenters. The van der Waals surface area contributed by atoms with E-state index in [1.807, 2.05) is 24.6 Å². The Kier molecular flexibility index (Phi) is 2.17. The van der Waals surface area contributed by atoms with E-state index in [1.54, 1.807) is 12.4 Å². The monoisotopic (exact) mass is 206 g/mol. The summed E-state index contributed by atoms with van der Waals surface area (Å²) in [6.07, 6.45) is 1.58. The van der Waals surface area contributed by atoms with Crippen molar-refractivity contribution in [3.05, 3.63) is 34.5 Å². The number of nitrogens with zero attached hydrogens (tertiary/aromatic N) is 3. The lowest BCUT2D eigenvalue weighted by Gasteiger charge is -2.02. The number of hydrogen-bond donors (Lipinski definition) is 1. The summed E-state index contributed by atoms with van der Waals surface area (Å²) in [6.45, 7) is 3.95. The number of aryl methyl sites for hydroxylation is 2. The van der Waals surface area contributed by atoms with Crippen LogP contribution in [0.5, 0.6) is 0 Å². The minimum absolute atomic E-state index is 0.561. The SMILES string of the molecule is Cc1cc(C)n(-c2cc(=S)nc[nH]2)n1. The van der Waals surface area contributed by atoms with Gasteiger partial charge in [0.25, 0.3) is 0 Å². The molecular formula is C9H10N4S. The molecule has 0 saturated carbocycles. The molecule has 4 nitrogen and oxygen atoms in total. The van der Waals surface area contributed by atoms with Crippen molar-refractivity contribution >= 4 is 12.2 Å². The maximum absolute atomic E-state index is 4.98. The second kappa shape index (κ2) is 3.34. The average molecular weight is 206 g/mol. The van der Waals surface area contributed by atoms with E-state index in [4.69, 9.17) is 12.2 Å². The second-order valence-electron chi connectivity index (χ2n) is 3.11. The molecule has 0 aliphatic carbocycles. The minimum atomic E-state index is 0.561. The average Bonchev–Trinajstić information content (AvgIpc) is 2.45. The van der Waals surface area contributed by atoms with Crippen LogP contribution in [0.15, 0.2) is 18.5 Å². The molecule has 5 heteroatoms. The third-order valence-corrected chi connectivity index (χ3v) is 2.13. The van der Waals surface area contributed by atoms with E-state index in [9.17, 15) is 0 Å². The molecule has 14 heavy (non-hydrogen) atoms. The van der Waals surface area contributed by atoms with E-state index < -0.39 is 0 Å². The normalized spacial score (nSPS) is 10.4. The molecule has 0 saturated heterocycles. The molecule has 0 bridgehead atoms. The summed E-state index contributed by atoms with van der Waals surface area (Å²) in [7, 11) is 0. The van der Waals surface area contributed by atoms with Crippen LogP contribution in [0.3, 0.4) is 0 Å². The van der Waals surface area contributed by atoms with Crippen molar-refractivity contribution in [1.29, 1.82) is 0 Å². The van der Waals surface area contributed by atoms with Gasteiger partial charge in [-0.1, -0.05) is 12.2 Å². The highest BCUT2D eigenvalue weighted by molar-refractivity contribution is 7.71. The number of aromatic amines is 1. The summed E-state index contributed by atoms with van der Waals surface area (Å²) < 4.78 is 2.37. The van der Waals surface area contributed by atoms with Crippen molar-refractivity contribution in [3.8, 4) is 5.82 Å². The van der Waals surface area contributed by atoms with Gasteiger partial charge < -0.3 is 4.98 Å². The molecule has 1 N–H and O–H groups in total. The van der Waals surface area contributed by atoms with E-state index in [1.165, 1.54) is 0 Å². The third-order valence-electron chi connectivity index (χ3n) is 1.90. The van der Waals surface area contributed by atoms with Gasteiger partial charge in [-0.05, 0) is 19.9 Å². The Hall–Kier alpha value is -1.49. The van der Waals surface area contributed by atoms with Crippen LogP contribution in [0.2, 0.25) is 0 Å². The lowest BCUT2D eigenvalue weighted by atomic mass is 10.4. The largest absolute Gasteiger partial charge is 0.331 e. The maximum atomic E-state index is 4.98. The molecule has 2 aromatic heterocycles. The van der Waals surface area contributed by atoms with E-state index in [2.05, 4.69) is 15.1 Å². The van der Waals surface area contributed by atoms with Gasteiger partial charge in [-0.3, -0.25) is 0 Å². The highest BCUT2D eigenvalue weighted by Gasteiger charge is 2.02. The van der Waals surface area contributed by atoms with Crippen LogP contribution in [0, 0.1) is 18.5 Å². The fourth-order valence-corrected chi connectivity index (χ4v) is 1.52. The summed E-state index contributed by atoms with van der Waals surface area (Å²) in [5.41, 5.74) is 2.05. The van der Waals surface area contributed by atoms with Gasteiger partial charge in [0.15, 0.2) is 0 Å². The molecule has 0 fully saturated rings. The fraction of sp³-hybridized carbons (Fsp3) is 0.222. The van der Waals surface area contributed by atoms with Crippen molar-refractivity contribution in [1.82, 2.24) is 19.7 Å². The van der Waals surface area contributed by atoms with Gasteiger partial charge in [0, 0.05) is 11.8 Å². The zero-order valence-corrected chi connectivity index (χ0v) is 8.80. The molecule has 0 unspecified atom stereocenters. The van der Waals surface area contributed by atoms with E-state index in [0.717, 1.165) is 17.2 Å². The Balaban J connectivity index is 2.59. The number of hydrogen-bond acceptors (Lipinski definition) is 3. The number of nitrogens with one attached hydrogen (secondary N) is 1. The molecule has 2 rings (SSSR count). The predicted octanol–water partition coefficient (Wildman–Crippen LogP) is 1.94. The third kappa shape index (κ3) is 1.58. The zero-order valence-electron chi connectivity index (χ0n) is 7.98. The predicted molar refractivity (Wildman–Crippen MR) is 56.0 cm³/mol. The zero-order chi connectivity index (χ0) is 10.1. The lowest BCUT2D eigenvalue weighted by Crippen LogP contribution is -2.01. The summed E-state index contributed by atoms with van der Waals surface area (Å²) in [5.74, 6) is 0.843. The molecule has 0 aromatic carbocycles. The lowest BCUT2D eigenvalue weighted by molar-refractivity contribution is 0.799. The van der Waals surface area contributed by atoms with Crippen molar-refractivity contribution in [2.45, 2.75) is 13.8 Å². The second-order valence-corrected chi connectivity index (χ2v) is 3.53. The quantitative estimate of drug-likeness (QED) is 0.725. The summed E-state index contributed by atoms with van der Waals surface area (Å²) in [5, 5.41) is 4.33. The Labute approximate surface area is 86.6 Å². The first-order valence-corrected chi connectivity index (χ1v) is 4.66. The molecule has 2 heterocycles. The Morgan fingerprint density at radius 3 is 2.71 bits per heavy atom. The van der Waals surface area contributed by atoms with Crippen molar-refractivity contribution in [2.75, 3.05) is 0 Å².